The molecule has 0 radical (unpaired) electrons. The van der Waals surface area contributed by atoms with Gasteiger partial charge in [0.1, 0.15) is 6.72 Å². The van der Waals surface area contributed by atoms with Crippen molar-refractivity contribution in [1.29, 1.82) is 0 Å². The fourth-order valence-corrected chi connectivity index (χ4v) is 1.92. The molecular formula is C13H24N+. The second kappa shape index (κ2) is 5.79. The summed E-state index contributed by atoms with van der Waals surface area (Å²) in [5.74, 6) is 0. The molecule has 0 fully saturated rings. The van der Waals surface area contributed by atoms with Gasteiger partial charge in [-0.25, -0.2) is 4.58 Å². The van der Waals surface area contributed by atoms with Crippen molar-refractivity contribution in [3.05, 3.63) is 24.4 Å². The Hall–Kier alpha value is -0.850. The van der Waals surface area contributed by atoms with Gasteiger partial charge in [0.15, 0.2) is 12.7 Å². The maximum Gasteiger partial charge on any atom is 0.161 e. The largest absolute Gasteiger partial charge is 0.211 e. The Labute approximate surface area is 88.8 Å². The Kier molecular flexibility index (Phi) is 5.44. The van der Waals surface area contributed by atoms with Crippen LogP contribution >= 0.6 is 0 Å². The molecule has 80 valence electrons. The number of hydrogen-bond donors (Lipinski definition) is 0. The summed E-state index contributed by atoms with van der Waals surface area (Å²) in [5, 5.41) is 0. The van der Waals surface area contributed by atoms with Crippen molar-refractivity contribution in [2.24, 2.45) is 5.41 Å². The van der Waals surface area contributed by atoms with E-state index in [1.54, 1.807) is 6.20 Å². The minimum Gasteiger partial charge on any atom is -0.211 e. The first kappa shape index (κ1) is 13.2. The molecule has 0 N–H and O–H groups in total. The average molecular weight is 194 g/mol. The van der Waals surface area contributed by atoms with Crippen LogP contribution in [0.2, 0.25) is 0 Å². The van der Waals surface area contributed by atoms with Gasteiger partial charge in [-0.05, 0) is 33.3 Å². The van der Waals surface area contributed by atoms with Crippen LogP contribution in [0.1, 0.15) is 40.5 Å². The smallest absolute Gasteiger partial charge is 0.161 e. The number of nitrogens with zero attached hydrogens (tertiary/aromatic N) is 1. The zero-order valence-electron chi connectivity index (χ0n) is 10.1. The third-order valence-electron chi connectivity index (χ3n) is 3.39. The standard InChI is InChI=1S/C13H24N/c1-7-12(5)13(8-2,9-3)11-14(6)10-4/h7,10H,4,6,8-9,11H2,1-3,5H3/q+1. The Morgan fingerprint density at radius 2 is 1.86 bits per heavy atom. The third kappa shape index (κ3) is 2.83. The molecule has 0 aromatic rings. The molecule has 14 heavy (non-hydrogen) atoms. The first-order chi connectivity index (χ1) is 6.56. The third-order valence-corrected chi connectivity index (χ3v) is 3.39. The van der Waals surface area contributed by atoms with Crippen LogP contribution < -0.4 is 0 Å². The van der Waals surface area contributed by atoms with E-state index in [1.807, 2.05) is 4.58 Å². The quantitative estimate of drug-likeness (QED) is 0.345. The van der Waals surface area contributed by atoms with Gasteiger partial charge in [0.25, 0.3) is 0 Å². The van der Waals surface area contributed by atoms with Crippen molar-refractivity contribution in [2.75, 3.05) is 6.54 Å². The van der Waals surface area contributed by atoms with Crippen LogP contribution in [0, 0.1) is 5.41 Å². The molecule has 0 spiro atoms. The monoisotopic (exact) mass is 194 g/mol. The minimum atomic E-state index is 0.269. The zero-order valence-corrected chi connectivity index (χ0v) is 10.1. The van der Waals surface area contributed by atoms with Crippen LogP contribution in [-0.2, 0) is 0 Å². The van der Waals surface area contributed by atoms with Crippen molar-refractivity contribution in [3.8, 4) is 0 Å². The van der Waals surface area contributed by atoms with Crippen molar-refractivity contribution in [3.63, 3.8) is 0 Å². The molecule has 0 aliphatic carbocycles. The lowest BCUT2D eigenvalue weighted by atomic mass is 9.75. The van der Waals surface area contributed by atoms with Crippen molar-refractivity contribution >= 4 is 6.72 Å². The number of rotatable bonds is 6. The molecule has 1 nitrogen and oxygen atoms in total. The molecule has 0 aliphatic rings. The van der Waals surface area contributed by atoms with E-state index in [2.05, 4.69) is 47.1 Å². The van der Waals surface area contributed by atoms with Crippen molar-refractivity contribution in [1.82, 2.24) is 0 Å². The molecule has 0 unspecified atom stereocenters. The summed E-state index contributed by atoms with van der Waals surface area (Å²) >= 11 is 0. The predicted octanol–water partition coefficient (Wildman–Crippen LogP) is 3.62. The molecule has 0 aliphatic heterocycles. The molecule has 1 heteroatoms. The van der Waals surface area contributed by atoms with Gasteiger partial charge in [0.05, 0.1) is 0 Å². The summed E-state index contributed by atoms with van der Waals surface area (Å²) in [6.45, 7) is 17.4. The highest BCUT2D eigenvalue weighted by Crippen LogP contribution is 2.34. The molecule has 0 rings (SSSR count). The van der Waals surface area contributed by atoms with Gasteiger partial charge in [-0.1, -0.05) is 25.5 Å². The van der Waals surface area contributed by atoms with Gasteiger partial charge in [0, 0.05) is 5.41 Å². The Bertz CT molecular complexity index is 232. The van der Waals surface area contributed by atoms with E-state index in [9.17, 15) is 0 Å². The predicted molar refractivity (Wildman–Crippen MR) is 64.9 cm³/mol. The van der Waals surface area contributed by atoms with Crippen LogP contribution in [0.5, 0.6) is 0 Å². The van der Waals surface area contributed by atoms with Crippen LogP contribution in [0.3, 0.4) is 0 Å². The topological polar surface area (TPSA) is 3.01 Å². The van der Waals surface area contributed by atoms with Gasteiger partial charge in [0.2, 0.25) is 0 Å². The Morgan fingerprint density at radius 1 is 1.36 bits per heavy atom. The zero-order chi connectivity index (χ0) is 11.2. The summed E-state index contributed by atoms with van der Waals surface area (Å²) in [7, 11) is 0. The minimum absolute atomic E-state index is 0.269. The maximum atomic E-state index is 3.94. The first-order valence-corrected chi connectivity index (χ1v) is 5.39. The van der Waals surface area contributed by atoms with E-state index in [0.29, 0.717) is 0 Å². The molecule has 0 aromatic carbocycles. The Morgan fingerprint density at radius 3 is 2.14 bits per heavy atom. The summed E-state index contributed by atoms with van der Waals surface area (Å²) in [4.78, 5) is 0. The van der Waals surface area contributed by atoms with E-state index in [-0.39, 0.29) is 5.41 Å². The fraction of sp³-hybridized carbons (Fsp3) is 0.615. The normalized spacial score (nSPS) is 12.7. The van der Waals surface area contributed by atoms with Gasteiger partial charge in [-0.2, -0.15) is 0 Å². The molecule has 0 saturated carbocycles. The molecule has 0 atom stereocenters. The van der Waals surface area contributed by atoms with E-state index < -0.39 is 0 Å². The summed E-state index contributed by atoms with van der Waals surface area (Å²) in [5.41, 5.74) is 1.73. The van der Waals surface area contributed by atoms with Crippen molar-refractivity contribution < 1.29 is 4.58 Å². The van der Waals surface area contributed by atoms with Gasteiger partial charge >= 0.3 is 0 Å². The maximum absolute atomic E-state index is 3.94. The number of allylic oxidation sites excluding steroid dienone is 1. The molecule has 0 aromatic heterocycles. The Balaban J connectivity index is 4.88. The molecule has 0 heterocycles. The fourth-order valence-electron chi connectivity index (χ4n) is 1.92. The second-order valence-electron chi connectivity index (χ2n) is 3.89. The molecule has 0 bridgehead atoms. The average Bonchev–Trinajstić information content (AvgIpc) is 2.24. The van der Waals surface area contributed by atoms with Crippen LogP contribution in [-0.4, -0.2) is 17.8 Å². The van der Waals surface area contributed by atoms with Gasteiger partial charge in [-0.3, -0.25) is 0 Å². The van der Waals surface area contributed by atoms with Crippen LogP contribution in [0.25, 0.3) is 0 Å². The number of hydrogen-bond acceptors (Lipinski definition) is 0. The summed E-state index contributed by atoms with van der Waals surface area (Å²) in [6.07, 6.45) is 6.31. The van der Waals surface area contributed by atoms with E-state index in [4.69, 9.17) is 0 Å². The van der Waals surface area contributed by atoms with E-state index >= 15 is 0 Å². The molecular weight excluding hydrogens is 170 g/mol. The van der Waals surface area contributed by atoms with Gasteiger partial charge in [-0.15, -0.1) is 0 Å². The van der Waals surface area contributed by atoms with Crippen LogP contribution in [0.15, 0.2) is 24.4 Å². The highest BCUT2D eigenvalue weighted by atomic mass is 15.0. The highest BCUT2D eigenvalue weighted by molar-refractivity contribution is 5.17. The summed E-state index contributed by atoms with van der Waals surface area (Å²) < 4.78 is 1.93. The lowest BCUT2D eigenvalue weighted by Gasteiger charge is -2.29. The lowest BCUT2D eigenvalue weighted by molar-refractivity contribution is -0.464. The SMILES string of the molecule is C=C[N+](=C)CC(CC)(CC)C(C)=CC. The van der Waals surface area contributed by atoms with E-state index in [0.717, 1.165) is 19.4 Å². The molecule has 0 amide bonds. The lowest BCUT2D eigenvalue weighted by Crippen LogP contribution is -2.30. The highest BCUT2D eigenvalue weighted by Gasteiger charge is 2.31. The van der Waals surface area contributed by atoms with E-state index in [1.165, 1.54) is 5.57 Å². The second-order valence-corrected chi connectivity index (χ2v) is 3.89. The first-order valence-electron chi connectivity index (χ1n) is 5.39. The van der Waals surface area contributed by atoms with Gasteiger partial charge < -0.3 is 0 Å². The van der Waals surface area contributed by atoms with Crippen molar-refractivity contribution in [2.45, 2.75) is 40.5 Å². The van der Waals surface area contributed by atoms with Crippen LogP contribution in [0.4, 0.5) is 0 Å². The molecule has 0 saturated heterocycles. The summed E-state index contributed by atoms with van der Waals surface area (Å²) in [6, 6.07) is 0.